The predicted octanol–water partition coefficient (Wildman–Crippen LogP) is 2.14. The van der Waals surface area contributed by atoms with Crippen molar-refractivity contribution in [1.82, 2.24) is 9.97 Å². The van der Waals surface area contributed by atoms with Crippen LogP contribution in [0.1, 0.15) is 5.69 Å². The van der Waals surface area contributed by atoms with E-state index in [0.717, 1.165) is 22.1 Å². The molecule has 0 radical (unpaired) electrons. The van der Waals surface area contributed by atoms with Crippen molar-refractivity contribution in [1.29, 1.82) is 0 Å². The monoisotopic (exact) mass is 186 g/mol. The molecule has 0 bridgehead atoms. The molecule has 0 aliphatic carbocycles. The summed E-state index contributed by atoms with van der Waals surface area (Å²) in [4.78, 5) is 6.33. The summed E-state index contributed by atoms with van der Waals surface area (Å²) in [5.74, 6) is 0. The minimum Gasteiger partial charge on any atom is -0.390 e. The van der Waals surface area contributed by atoms with Gasteiger partial charge in [-0.25, -0.2) is 0 Å². The lowest BCUT2D eigenvalue weighted by atomic mass is 10.1. The van der Waals surface area contributed by atoms with E-state index in [-0.39, 0.29) is 6.61 Å². The van der Waals surface area contributed by atoms with Crippen molar-refractivity contribution in [2.75, 3.05) is 0 Å². The van der Waals surface area contributed by atoms with Crippen LogP contribution in [0.2, 0.25) is 0 Å². The highest BCUT2D eigenvalue weighted by atomic mass is 16.3. The van der Waals surface area contributed by atoms with Gasteiger partial charge in [0.1, 0.15) is 0 Å². The summed E-state index contributed by atoms with van der Waals surface area (Å²) in [6, 6.07) is 8.10. The maximum atomic E-state index is 9.02. The molecule has 3 heteroatoms. The van der Waals surface area contributed by atoms with Crippen molar-refractivity contribution in [3.8, 4) is 0 Å². The van der Waals surface area contributed by atoms with Gasteiger partial charge < -0.3 is 15.1 Å². The van der Waals surface area contributed by atoms with Gasteiger partial charge in [-0.2, -0.15) is 0 Å². The Morgan fingerprint density at radius 3 is 2.79 bits per heavy atom. The third-order valence-electron chi connectivity index (χ3n) is 2.56. The van der Waals surface area contributed by atoms with Crippen molar-refractivity contribution in [3.63, 3.8) is 0 Å². The average molecular weight is 186 g/mol. The number of aliphatic hydroxyl groups is 1. The molecule has 0 unspecified atom stereocenters. The fourth-order valence-electron chi connectivity index (χ4n) is 1.89. The second-order valence-electron chi connectivity index (χ2n) is 3.42. The molecule has 70 valence electrons. The highest BCUT2D eigenvalue weighted by Crippen LogP contribution is 2.25. The van der Waals surface area contributed by atoms with E-state index in [9.17, 15) is 0 Å². The normalized spacial score (nSPS) is 11.5. The molecule has 2 heterocycles. The van der Waals surface area contributed by atoms with E-state index in [1.165, 1.54) is 5.39 Å². The number of fused-ring (bicyclic) bond motifs is 3. The van der Waals surface area contributed by atoms with Gasteiger partial charge in [-0.3, -0.25) is 0 Å². The summed E-state index contributed by atoms with van der Waals surface area (Å²) in [6.45, 7) is 0.0561. The molecule has 0 aliphatic rings. The molecule has 0 saturated heterocycles. The molecule has 14 heavy (non-hydrogen) atoms. The number of rotatable bonds is 1. The third-order valence-corrected chi connectivity index (χ3v) is 2.56. The van der Waals surface area contributed by atoms with Gasteiger partial charge in [-0.15, -0.1) is 0 Å². The second kappa shape index (κ2) is 2.62. The first-order valence-corrected chi connectivity index (χ1v) is 4.57. The van der Waals surface area contributed by atoms with Crippen LogP contribution in [-0.4, -0.2) is 15.1 Å². The first kappa shape index (κ1) is 7.64. The van der Waals surface area contributed by atoms with Crippen molar-refractivity contribution >= 4 is 21.8 Å². The van der Waals surface area contributed by atoms with Crippen LogP contribution in [0.25, 0.3) is 21.8 Å². The van der Waals surface area contributed by atoms with Crippen LogP contribution < -0.4 is 0 Å². The van der Waals surface area contributed by atoms with E-state index in [0.29, 0.717) is 0 Å². The van der Waals surface area contributed by atoms with Gasteiger partial charge in [-0.1, -0.05) is 0 Å². The van der Waals surface area contributed by atoms with E-state index in [1.54, 1.807) is 0 Å². The van der Waals surface area contributed by atoms with Crippen molar-refractivity contribution < 1.29 is 5.11 Å². The van der Waals surface area contributed by atoms with Gasteiger partial charge in [0, 0.05) is 33.7 Å². The number of hydrogen-bond donors (Lipinski definition) is 3. The molecule has 0 saturated carbocycles. The molecule has 1 aromatic carbocycles. The Bertz CT molecular complexity index is 591. The molecule has 3 aromatic rings. The summed E-state index contributed by atoms with van der Waals surface area (Å²) in [7, 11) is 0. The maximum absolute atomic E-state index is 9.02. The Morgan fingerprint density at radius 2 is 1.93 bits per heavy atom. The summed E-state index contributed by atoms with van der Waals surface area (Å²) < 4.78 is 0. The zero-order chi connectivity index (χ0) is 9.54. The number of aromatic amines is 2. The number of aliphatic hydroxyl groups excluding tert-OH is 1. The molecule has 0 fully saturated rings. The number of aromatic nitrogens is 2. The highest BCUT2D eigenvalue weighted by molar-refractivity contribution is 6.05. The van der Waals surface area contributed by atoms with Crippen LogP contribution in [0.4, 0.5) is 0 Å². The summed E-state index contributed by atoms with van der Waals surface area (Å²) in [6.07, 6.45) is 1.93. The van der Waals surface area contributed by atoms with Crippen LogP contribution in [0.3, 0.4) is 0 Å². The van der Waals surface area contributed by atoms with Crippen LogP contribution in [0.15, 0.2) is 30.5 Å². The molecule has 0 atom stereocenters. The lowest BCUT2D eigenvalue weighted by Gasteiger charge is -1.91. The smallest absolute Gasteiger partial charge is 0.0831 e. The number of hydrogen-bond acceptors (Lipinski definition) is 1. The zero-order valence-corrected chi connectivity index (χ0v) is 7.54. The Kier molecular flexibility index (Phi) is 1.43. The highest BCUT2D eigenvalue weighted by Gasteiger charge is 2.04. The molecule has 3 nitrogen and oxygen atoms in total. The Hall–Kier alpha value is -1.74. The second-order valence-corrected chi connectivity index (χ2v) is 3.42. The first-order chi connectivity index (χ1) is 6.88. The Labute approximate surface area is 80.4 Å². The van der Waals surface area contributed by atoms with Gasteiger partial charge in [-0.05, 0) is 24.3 Å². The minimum atomic E-state index is 0.0561. The summed E-state index contributed by atoms with van der Waals surface area (Å²) in [5.41, 5.74) is 3.05. The van der Waals surface area contributed by atoms with Crippen LogP contribution >= 0.6 is 0 Å². The molecule has 3 N–H and O–H groups in total. The standard InChI is InChI=1S/C11H10N2O/c14-6-7-5-9-8-3-4-12-10(8)1-2-11(9)13-7/h1-5,12-14H,6H2. The fourth-order valence-corrected chi connectivity index (χ4v) is 1.89. The predicted molar refractivity (Wildman–Crippen MR) is 56.1 cm³/mol. The summed E-state index contributed by atoms with van der Waals surface area (Å²) in [5, 5.41) is 11.4. The van der Waals surface area contributed by atoms with Crippen LogP contribution in [0.5, 0.6) is 0 Å². The molecule has 0 spiro atoms. The SMILES string of the molecule is OCc1cc2c(ccc3[nH]ccc32)[nH]1. The van der Waals surface area contributed by atoms with Gasteiger partial charge in [0.2, 0.25) is 0 Å². The Morgan fingerprint density at radius 1 is 1.07 bits per heavy atom. The van der Waals surface area contributed by atoms with Crippen LogP contribution in [-0.2, 0) is 6.61 Å². The van der Waals surface area contributed by atoms with Crippen molar-refractivity contribution in [2.45, 2.75) is 6.61 Å². The van der Waals surface area contributed by atoms with Gasteiger partial charge in [0.25, 0.3) is 0 Å². The maximum Gasteiger partial charge on any atom is 0.0831 e. The number of benzene rings is 1. The lowest BCUT2D eigenvalue weighted by Crippen LogP contribution is -1.78. The largest absolute Gasteiger partial charge is 0.390 e. The first-order valence-electron chi connectivity index (χ1n) is 4.57. The van der Waals surface area contributed by atoms with E-state index in [4.69, 9.17) is 5.11 Å². The van der Waals surface area contributed by atoms with E-state index < -0.39 is 0 Å². The van der Waals surface area contributed by atoms with Gasteiger partial charge >= 0.3 is 0 Å². The molecule has 0 amide bonds. The van der Waals surface area contributed by atoms with E-state index in [1.807, 2.05) is 30.5 Å². The molecular formula is C11H10N2O. The Balaban J connectivity index is 2.49. The van der Waals surface area contributed by atoms with Gasteiger partial charge in [0.15, 0.2) is 0 Å². The minimum absolute atomic E-state index is 0.0561. The lowest BCUT2D eigenvalue weighted by molar-refractivity contribution is 0.278. The third kappa shape index (κ3) is 0.900. The van der Waals surface area contributed by atoms with E-state index >= 15 is 0 Å². The van der Waals surface area contributed by atoms with E-state index in [2.05, 4.69) is 9.97 Å². The molecule has 0 aliphatic heterocycles. The van der Waals surface area contributed by atoms with Crippen LogP contribution in [0, 0.1) is 0 Å². The number of H-pyrrole nitrogens is 2. The summed E-state index contributed by atoms with van der Waals surface area (Å²) >= 11 is 0. The van der Waals surface area contributed by atoms with Crippen molar-refractivity contribution in [3.05, 3.63) is 36.2 Å². The molecule has 3 rings (SSSR count). The molecular weight excluding hydrogens is 176 g/mol. The topological polar surface area (TPSA) is 51.8 Å². The zero-order valence-electron chi connectivity index (χ0n) is 7.54. The quantitative estimate of drug-likeness (QED) is 0.535. The molecule has 2 aromatic heterocycles. The average Bonchev–Trinajstić information content (AvgIpc) is 2.82. The number of nitrogens with one attached hydrogen (secondary N) is 2. The van der Waals surface area contributed by atoms with Crippen molar-refractivity contribution in [2.24, 2.45) is 0 Å². The van der Waals surface area contributed by atoms with Gasteiger partial charge in [0.05, 0.1) is 6.61 Å². The fraction of sp³-hybridized carbons (Fsp3) is 0.0909.